The number of fused-ring (bicyclic) bond motifs is 1. The Labute approximate surface area is 200 Å². The maximum absolute atomic E-state index is 13.0. The highest BCUT2D eigenvalue weighted by molar-refractivity contribution is 7.14. The van der Waals surface area contributed by atoms with E-state index in [0.29, 0.717) is 11.7 Å². The first-order valence-corrected chi connectivity index (χ1v) is 11.8. The van der Waals surface area contributed by atoms with Crippen LogP contribution in [0.3, 0.4) is 0 Å². The van der Waals surface area contributed by atoms with E-state index >= 15 is 0 Å². The summed E-state index contributed by atoms with van der Waals surface area (Å²) in [6.07, 6.45) is 4.57. The van der Waals surface area contributed by atoms with Crippen molar-refractivity contribution in [1.29, 1.82) is 0 Å². The summed E-state index contributed by atoms with van der Waals surface area (Å²) in [6, 6.07) is 8.83. The molecule has 0 radical (unpaired) electrons. The van der Waals surface area contributed by atoms with E-state index in [1.807, 2.05) is 11.4 Å². The molecule has 34 heavy (non-hydrogen) atoms. The van der Waals surface area contributed by atoms with Crippen LogP contribution in [0.2, 0.25) is 0 Å². The Bertz CT molecular complexity index is 1210. The second kappa shape index (κ2) is 10.6. The van der Waals surface area contributed by atoms with E-state index in [2.05, 4.69) is 22.4 Å². The summed E-state index contributed by atoms with van der Waals surface area (Å²) in [5.41, 5.74) is 3.93. The van der Waals surface area contributed by atoms with E-state index < -0.39 is 16.5 Å². The number of nitrogens with zero attached hydrogens (tertiary/aromatic N) is 2. The number of hydrogen-bond donors (Lipinski definition) is 1. The minimum Gasteiger partial charge on any atom is -0.493 e. The molecule has 0 atom stereocenters. The average Bonchev–Trinajstić information content (AvgIpc) is 3.31. The smallest absolute Gasteiger partial charge is 0.286 e. The Balaban J connectivity index is 1.56. The predicted octanol–water partition coefficient (Wildman–Crippen LogP) is 4.88. The fraction of sp³-hybridized carbons (Fsp3) is 0.333. The Morgan fingerprint density at radius 2 is 1.91 bits per heavy atom. The van der Waals surface area contributed by atoms with Crippen molar-refractivity contribution in [1.82, 2.24) is 4.98 Å². The number of methoxy groups -OCH3 is 2. The number of nitro groups is 1. The summed E-state index contributed by atoms with van der Waals surface area (Å²) in [7, 11) is 2.92. The highest BCUT2D eigenvalue weighted by Gasteiger charge is 2.25. The summed E-state index contributed by atoms with van der Waals surface area (Å²) < 4.78 is 15.7. The van der Waals surface area contributed by atoms with E-state index in [0.717, 1.165) is 24.1 Å². The van der Waals surface area contributed by atoms with Crippen molar-refractivity contribution < 1.29 is 23.9 Å². The molecule has 10 heteroatoms. The van der Waals surface area contributed by atoms with Crippen molar-refractivity contribution in [3.05, 3.63) is 62.5 Å². The van der Waals surface area contributed by atoms with Crippen LogP contribution in [0.4, 0.5) is 10.8 Å². The molecule has 1 amide bonds. The topological polar surface area (TPSA) is 113 Å². The van der Waals surface area contributed by atoms with Gasteiger partial charge in [0.25, 0.3) is 11.6 Å². The molecule has 0 saturated carbocycles. The van der Waals surface area contributed by atoms with Crippen LogP contribution >= 0.6 is 11.3 Å². The van der Waals surface area contributed by atoms with Gasteiger partial charge in [0, 0.05) is 24.1 Å². The number of ether oxygens (including phenoxy) is 3. The van der Waals surface area contributed by atoms with Gasteiger partial charge in [0.05, 0.1) is 30.4 Å². The third-order valence-electron chi connectivity index (χ3n) is 5.64. The van der Waals surface area contributed by atoms with Crippen molar-refractivity contribution in [3.8, 4) is 22.8 Å². The molecule has 0 saturated heterocycles. The zero-order chi connectivity index (χ0) is 24.1. The summed E-state index contributed by atoms with van der Waals surface area (Å²) in [6.45, 7) is 0.482. The lowest BCUT2D eigenvalue weighted by molar-refractivity contribution is -0.385. The SMILES string of the molecule is COCCOc1cc([N+](=O)[O-])c(C(=O)Nc2nc(-c3ccc4c(c3)CCCC4)cs2)cc1OC. The molecule has 1 aromatic heterocycles. The zero-order valence-electron chi connectivity index (χ0n) is 19.0. The Kier molecular flexibility index (Phi) is 7.39. The molecule has 3 aromatic rings. The first kappa shape index (κ1) is 23.7. The predicted molar refractivity (Wildman–Crippen MR) is 129 cm³/mol. The number of benzene rings is 2. The molecule has 9 nitrogen and oxygen atoms in total. The van der Waals surface area contributed by atoms with Crippen LogP contribution in [0.15, 0.2) is 35.7 Å². The number of aryl methyl sites for hydroxylation is 2. The van der Waals surface area contributed by atoms with E-state index in [-0.39, 0.29) is 23.7 Å². The van der Waals surface area contributed by atoms with E-state index in [9.17, 15) is 14.9 Å². The summed E-state index contributed by atoms with van der Waals surface area (Å²) in [5, 5.41) is 16.6. The van der Waals surface area contributed by atoms with Gasteiger partial charge in [-0.2, -0.15) is 0 Å². The third-order valence-corrected chi connectivity index (χ3v) is 6.39. The number of nitrogens with one attached hydrogen (secondary N) is 1. The molecule has 0 spiro atoms. The fourth-order valence-electron chi connectivity index (χ4n) is 3.91. The van der Waals surface area contributed by atoms with E-state index in [4.69, 9.17) is 14.2 Å². The normalized spacial score (nSPS) is 12.6. The number of rotatable bonds is 9. The Morgan fingerprint density at radius 1 is 1.12 bits per heavy atom. The van der Waals surface area contributed by atoms with Crippen molar-refractivity contribution in [2.24, 2.45) is 0 Å². The number of nitro benzene ring substituents is 1. The lowest BCUT2D eigenvalue weighted by Crippen LogP contribution is -2.15. The van der Waals surface area contributed by atoms with Crippen molar-refractivity contribution in [3.63, 3.8) is 0 Å². The molecule has 1 aliphatic rings. The van der Waals surface area contributed by atoms with Gasteiger partial charge in [-0.15, -0.1) is 11.3 Å². The van der Waals surface area contributed by atoms with Crippen LogP contribution in [0.1, 0.15) is 34.3 Å². The van der Waals surface area contributed by atoms with Crippen molar-refractivity contribution in [2.45, 2.75) is 25.7 Å². The fourth-order valence-corrected chi connectivity index (χ4v) is 4.63. The minimum atomic E-state index is -0.653. The maximum Gasteiger partial charge on any atom is 0.286 e. The molecule has 1 N–H and O–H groups in total. The number of carbonyl (C=O) groups is 1. The van der Waals surface area contributed by atoms with Gasteiger partial charge in [-0.1, -0.05) is 12.1 Å². The maximum atomic E-state index is 13.0. The van der Waals surface area contributed by atoms with Crippen LogP contribution in [0, 0.1) is 10.1 Å². The highest BCUT2D eigenvalue weighted by atomic mass is 32.1. The highest BCUT2D eigenvalue weighted by Crippen LogP contribution is 2.36. The monoisotopic (exact) mass is 483 g/mol. The van der Waals surface area contributed by atoms with E-state index in [1.54, 1.807) is 0 Å². The van der Waals surface area contributed by atoms with Crippen LogP contribution in [0.5, 0.6) is 11.5 Å². The number of amides is 1. The number of anilines is 1. The molecule has 178 valence electrons. The van der Waals surface area contributed by atoms with Crippen LogP contribution in [-0.2, 0) is 17.6 Å². The quantitative estimate of drug-likeness (QED) is 0.262. The van der Waals surface area contributed by atoms with Crippen LogP contribution < -0.4 is 14.8 Å². The molecule has 0 fully saturated rings. The number of aromatic nitrogens is 1. The molecule has 0 aliphatic heterocycles. The van der Waals surface area contributed by atoms with Gasteiger partial charge < -0.3 is 14.2 Å². The molecule has 1 aliphatic carbocycles. The molecule has 0 unspecified atom stereocenters. The van der Waals surface area contributed by atoms with Crippen molar-refractivity contribution in [2.75, 3.05) is 32.8 Å². The summed E-state index contributed by atoms with van der Waals surface area (Å²) >= 11 is 1.26. The average molecular weight is 484 g/mol. The second-order valence-electron chi connectivity index (χ2n) is 7.80. The Hall–Kier alpha value is -3.50. The minimum absolute atomic E-state index is 0.147. The standard InChI is InChI=1S/C24H25N3O6S/c1-31-9-10-33-22-13-20(27(29)30)18(12-21(22)32-2)23(28)26-24-25-19(14-34-24)17-8-7-15-5-3-4-6-16(15)11-17/h7-8,11-14H,3-6,9-10H2,1-2H3,(H,25,26,28). The van der Waals surface area contributed by atoms with Gasteiger partial charge in [0.1, 0.15) is 12.2 Å². The number of hydrogen-bond acceptors (Lipinski definition) is 8. The van der Waals surface area contributed by atoms with Gasteiger partial charge in [-0.3, -0.25) is 20.2 Å². The van der Waals surface area contributed by atoms with Gasteiger partial charge in [-0.05, 0) is 42.9 Å². The first-order valence-electron chi connectivity index (χ1n) is 10.9. The largest absolute Gasteiger partial charge is 0.493 e. The van der Waals surface area contributed by atoms with Crippen LogP contribution in [0.25, 0.3) is 11.3 Å². The first-order chi connectivity index (χ1) is 16.5. The molecular formula is C24H25N3O6S. The summed E-state index contributed by atoms with van der Waals surface area (Å²) in [5.74, 6) is -0.285. The second-order valence-corrected chi connectivity index (χ2v) is 8.66. The van der Waals surface area contributed by atoms with Gasteiger partial charge in [0.2, 0.25) is 0 Å². The number of carbonyl (C=O) groups excluding carboxylic acids is 1. The lowest BCUT2D eigenvalue weighted by atomic mass is 9.90. The van der Waals surface area contributed by atoms with Gasteiger partial charge in [-0.25, -0.2) is 4.98 Å². The summed E-state index contributed by atoms with van der Waals surface area (Å²) in [4.78, 5) is 28.5. The number of thiazole rings is 1. The Morgan fingerprint density at radius 3 is 2.65 bits per heavy atom. The molecule has 4 rings (SSSR count). The molecule has 1 heterocycles. The van der Waals surface area contributed by atoms with E-state index in [1.165, 1.54) is 61.7 Å². The third kappa shape index (κ3) is 5.18. The molecule has 2 aromatic carbocycles. The molecular weight excluding hydrogens is 458 g/mol. The van der Waals surface area contributed by atoms with Gasteiger partial charge in [0.15, 0.2) is 16.6 Å². The van der Waals surface area contributed by atoms with Gasteiger partial charge >= 0.3 is 0 Å². The van der Waals surface area contributed by atoms with Crippen molar-refractivity contribution >= 4 is 28.1 Å². The van der Waals surface area contributed by atoms with Crippen LogP contribution in [-0.4, -0.2) is 43.2 Å². The molecule has 0 bridgehead atoms. The lowest BCUT2D eigenvalue weighted by Gasteiger charge is -2.16. The zero-order valence-corrected chi connectivity index (χ0v) is 19.8.